The molecule has 0 unspecified atom stereocenters. The second-order valence-corrected chi connectivity index (χ2v) is 3.40. The van der Waals surface area contributed by atoms with Crippen molar-refractivity contribution < 1.29 is 0 Å². The van der Waals surface area contributed by atoms with Gasteiger partial charge < -0.3 is 5.43 Å². The number of hydrogen-bond donors (Lipinski definition) is 2. The lowest BCUT2D eigenvalue weighted by molar-refractivity contribution is 0.420. The zero-order valence-electron chi connectivity index (χ0n) is 7.09. The van der Waals surface area contributed by atoms with Crippen LogP contribution in [0, 0.1) is 0 Å². The van der Waals surface area contributed by atoms with Gasteiger partial charge in [0.25, 0.3) is 0 Å². The second kappa shape index (κ2) is 3.15. The molecule has 0 aromatic heterocycles. The summed E-state index contributed by atoms with van der Waals surface area (Å²) in [5, 5.41) is 0. The van der Waals surface area contributed by atoms with E-state index in [-0.39, 0.29) is 0 Å². The van der Waals surface area contributed by atoms with Crippen molar-refractivity contribution in [3.05, 3.63) is 29.8 Å². The van der Waals surface area contributed by atoms with Crippen LogP contribution in [0.25, 0.3) is 0 Å². The van der Waals surface area contributed by atoms with Crippen LogP contribution in [0.2, 0.25) is 0 Å². The number of hydrogen-bond acceptors (Lipinski definition) is 2. The summed E-state index contributed by atoms with van der Waals surface area (Å²) in [6, 6.07) is 8.37. The summed E-state index contributed by atoms with van der Waals surface area (Å²) in [5.41, 5.74) is 5.11. The fourth-order valence-electron chi connectivity index (χ4n) is 1.62. The van der Waals surface area contributed by atoms with Crippen LogP contribution in [-0.2, 0) is 0 Å². The quantitative estimate of drug-likeness (QED) is 0.517. The molecule has 0 radical (unpaired) electrons. The van der Waals surface area contributed by atoms with E-state index in [0.717, 1.165) is 11.6 Å². The predicted octanol–water partition coefficient (Wildman–Crippen LogP) is 2.24. The highest BCUT2D eigenvalue weighted by atomic mass is 15.2. The molecule has 2 rings (SSSR count). The smallest absolute Gasteiger partial charge is 0.0487 e. The first-order valence-electron chi connectivity index (χ1n) is 4.47. The molecule has 0 spiro atoms. The van der Waals surface area contributed by atoms with Crippen LogP contribution in [-0.4, -0.2) is 0 Å². The SMILES string of the molecule is NNc1cccc(C2CCC2)c1. The maximum atomic E-state index is 5.33. The molecule has 1 aliphatic rings. The van der Waals surface area contributed by atoms with E-state index in [2.05, 4.69) is 23.6 Å². The van der Waals surface area contributed by atoms with Gasteiger partial charge in [-0.3, -0.25) is 5.84 Å². The summed E-state index contributed by atoms with van der Waals surface area (Å²) in [6.07, 6.45) is 4.06. The zero-order chi connectivity index (χ0) is 8.39. The minimum Gasteiger partial charge on any atom is -0.324 e. The lowest BCUT2D eigenvalue weighted by Gasteiger charge is -2.26. The normalized spacial score (nSPS) is 17.1. The average Bonchev–Trinajstić information content (AvgIpc) is 2.02. The molecule has 1 aliphatic carbocycles. The van der Waals surface area contributed by atoms with Crippen LogP contribution in [0.4, 0.5) is 5.69 Å². The molecule has 1 aromatic rings. The Morgan fingerprint density at radius 1 is 1.33 bits per heavy atom. The highest BCUT2D eigenvalue weighted by molar-refractivity contribution is 5.45. The molecule has 0 atom stereocenters. The molecule has 1 saturated carbocycles. The van der Waals surface area contributed by atoms with Crippen molar-refractivity contribution in [3.63, 3.8) is 0 Å². The third-order valence-corrected chi connectivity index (χ3v) is 2.63. The third kappa shape index (κ3) is 1.30. The maximum absolute atomic E-state index is 5.33. The van der Waals surface area contributed by atoms with Gasteiger partial charge in [0.2, 0.25) is 0 Å². The van der Waals surface area contributed by atoms with E-state index >= 15 is 0 Å². The van der Waals surface area contributed by atoms with Crippen molar-refractivity contribution in [2.24, 2.45) is 5.84 Å². The van der Waals surface area contributed by atoms with Crippen molar-refractivity contribution in [2.75, 3.05) is 5.43 Å². The highest BCUT2D eigenvalue weighted by Crippen LogP contribution is 2.36. The number of nitrogens with two attached hydrogens (primary N) is 1. The van der Waals surface area contributed by atoms with Gasteiger partial charge in [-0.2, -0.15) is 0 Å². The Labute approximate surface area is 72.7 Å². The topological polar surface area (TPSA) is 38.0 Å². The molecule has 2 nitrogen and oxygen atoms in total. The number of rotatable bonds is 2. The molecule has 0 bridgehead atoms. The van der Waals surface area contributed by atoms with Gasteiger partial charge in [0.05, 0.1) is 0 Å². The molecule has 0 heterocycles. The van der Waals surface area contributed by atoms with Crippen molar-refractivity contribution in [3.8, 4) is 0 Å². The summed E-state index contributed by atoms with van der Waals surface area (Å²) in [5.74, 6) is 6.12. The minimum absolute atomic E-state index is 0.790. The summed E-state index contributed by atoms with van der Waals surface area (Å²) < 4.78 is 0. The van der Waals surface area contributed by atoms with Crippen LogP contribution in [0.3, 0.4) is 0 Å². The van der Waals surface area contributed by atoms with E-state index in [0.29, 0.717) is 0 Å². The predicted molar refractivity (Wildman–Crippen MR) is 50.8 cm³/mol. The molecule has 12 heavy (non-hydrogen) atoms. The van der Waals surface area contributed by atoms with Crippen LogP contribution < -0.4 is 11.3 Å². The van der Waals surface area contributed by atoms with Gasteiger partial charge >= 0.3 is 0 Å². The first kappa shape index (κ1) is 7.62. The Bertz CT molecular complexity index is 266. The maximum Gasteiger partial charge on any atom is 0.0487 e. The number of hydrazine groups is 1. The van der Waals surface area contributed by atoms with E-state index in [1.54, 1.807) is 0 Å². The Kier molecular flexibility index (Phi) is 2.00. The van der Waals surface area contributed by atoms with Gasteiger partial charge in [-0.1, -0.05) is 18.6 Å². The Morgan fingerprint density at radius 2 is 2.17 bits per heavy atom. The Hall–Kier alpha value is -1.02. The van der Waals surface area contributed by atoms with E-state index in [4.69, 9.17) is 5.84 Å². The van der Waals surface area contributed by atoms with Gasteiger partial charge in [0, 0.05) is 5.69 Å². The summed E-state index contributed by atoms with van der Waals surface area (Å²) in [7, 11) is 0. The van der Waals surface area contributed by atoms with Gasteiger partial charge in [-0.25, -0.2) is 0 Å². The first-order valence-corrected chi connectivity index (χ1v) is 4.47. The molecule has 1 aromatic carbocycles. The zero-order valence-corrected chi connectivity index (χ0v) is 7.09. The lowest BCUT2D eigenvalue weighted by Crippen LogP contribution is -2.10. The molecule has 1 fully saturated rings. The van der Waals surface area contributed by atoms with Gasteiger partial charge in [-0.15, -0.1) is 0 Å². The average molecular weight is 162 g/mol. The van der Waals surface area contributed by atoms with E-state index in [1.165, 1.54) is 24.8 Å². The third-order valence-electron chi connectivity index (χ3n) is 2.63. The molecular weight excluding hydrogens is 148 g/mol. The molecule has 2 heteroatoms. The van der Waals surface area contributed by atoms with Gasteiger partial charge in [0.15, 0.2) is 0 Å². The summed E-state index contributed by atoms with van der Waals surface area (Å²) in [4.78, 5) is 0. The highest BCUT2D eigenvalue weighted by Gasteiger charge is 2.18. The molecular formula is C10H14N2. The van der Waals surface area contributed by atoms with Crippen LogP contribution >= 0.6 is 0 Å². The number of nitrogen functional groups attached to an aromatic ring is 1. The van der Waals surface area contributed by atoms with Gasteiger partial charge in [0.1, 0.15) is 0 Å². The molecule has 0 amide bonds. The van der Waals surface area contributed by atoms with E-state index in [9.17, 15) is 0 Å². The standard InChI is InChI=1S/C10H14N2/c11-12-10-6-2-5-9(7-10)8-3-1-4-8/h2,5-8,12H,1,3-4,11H2. The fraction of sp³-hybridized carbons (Fsp3) is 0.400. The van der Waals surface area contributed by atoms with E-state index in [1.807, 2.05) is 6.07 Å². The lowest BCUT2D eigenvalue weighted by atomic mass is 9.80. The largest absolute Gasteiger partial charge is 0.324 e. The summed E-state index contributed by atoms with van der Waals surface area (Å²) >= 11 is 0. The number of anilines is 1. The monoisotopic (exact) mass is 162 g/mol. The van der Waals surface area contributed by atoms with Crippen molar-refractivity contribution >= 4 is 5.69 Å². The Morgan fingerprint density at radius 3 is 2.75 bits per heavy atom. The number of nitrogens with one attached hydrogen (secondary N) is 1. The summed E-state index contributed by atoms with van der Waals surface area (Å²) in [6.45, 7) is 0. The fourth-order valence-corrected chi connectivity index (χ4v) is 1.62. The second-order valence-electron chi connectivity index (χ2n) is 3.40. The Balaban J connectivity index is 2.19. The molecule has 0 aliphatic heterocycles. The van der Waals surface area contributed by atoms with Crippen molar-refractivity contribution in [2.45, 2.75) is 25.2 Å². The molecule has 3 N–H and O–H groups in total. The molecule has 0 saturated heterocycles. The minimum atomic E-state index is 0.790. The van der Waals surface area contributed by atoms with Crippen LogP contribution in [0.1, 0.15) is 30.7 Å². The van der Waals surface area contributed by atoms with Crippen LogP contribution in [0.5, 0.6) is 0 Å². The van der Waals surface area contributed by atoms with Crippen molar-refractivity contribution in [1.29, 1.82) is 0 Å². The van der Waals surface area contributed by atoms with Gasteiger partial charge in [-0.05, 0) is 36.5 Å². The van der Waals surface area contributed by atoms with Crippen LogP contribution in [0.15, 0.2) is 24.3 Å². The number of benzene rings is 1. The first-order chi connectivity index (χ1) is 5.90. The van der Waals surface area contributed by atoms with E-state index < -0.39 is 0 Å². The van der Waals surface area contributed by atoms with Crippen molar-refractivity contribution in [1.82, 2.24) is 0 Å². The molecule has 64 valence electrons.